The molecule has 0 N–H and O–H groups in total. The molecule has 0 saturated carbocycles. The molecule has 0 aliphatic heterocycles. The summed E-state index contributed by atoms with van der Waals surface area (Å²) in [6, 6.07) is 0. The summed E-state index contributed by atoms with van der Waals surface area (Å²) >= 11 is 1.91. The van der Waals surface area contributed by atoms with Crippen LogP contribution >= 0.6 is 11.8 Å². The minimum atomic E-state index is 0.653. The number of thioether (sulfide) groups is 1. The van der Waals surface area contributed by atoms with Crippen LogP contribution in [0.3, 0.4) is 0 Å². The average molecular weight is 201 g/mol. The number of nitrogens with zero attached hydrogens (tertiary/aromatic N) is 2. The minimum Gasteiger partial charge on any atom is -0.342 e. The van der Waals surface area contributed by atoms with Gasteiger partial charge in [0, 0.05) is 6.61 Å². The molecule has 0 aliphatic carbocycles. The van der Waals surface area contributed by atoms with Gasteiger partial charge in [-0.05, 0) is 12.7 Å². The third-order valence-electron chi connectivity index (χ3n) is 1.64. The van der Waals surface area contributed by atoms with E-state index in [1.807, 2.05) is 29.4 Å². The zero-order valence-corrected chi connectivity index (χ0v) is 9.09. The van der Waals surface area contributed by atoms with Crippen LogP contribution < -0.4 is 4.57 Å². The molecule has 0 fully saturated rings. The fourth-order valence-corrected chi connectivity index (χ4v) is 1.53. The van der Waals surface area contributed by atoms with Crippen molar-refractivity contribution in [3.8, 4) is 0 Å². The van der Waals surface area contributed by atoms with E-state index in [4.69, 9.17) is 4.74 Å². The van der Waals surface area contributed by atoms with E-state index in [0.29, 0.717) is 6.73 Å². The van der Waals surface area contributed by atoms with E-state index < -0.39 is 0 Å². The largest absolute Gasteiger partial charge is 0.342 e. The number of ether oxygens (including phenoxy) is 1. The van der Waals surface area contributed by atoms with Crippen LogP contribution in [0.1, 0.15) is 13.8 Å². The first-order valence-electron chi connectivity index (χ1n) is 4.57. The van der Waals surface area contributed by atoms with Gasteiger partial charge in [0.25, 0.3) is 0 Å². The van der Waals surface area contributed by atoms with Crippen molar-refractivity contribution in [2.45, 2.75) is 26.5 Å². The van der Waals surface area contributed by atoms with E-state index in [9.17, 15) is 0 Å². The zero-order valence-electron chi connectivity index (χ0n) is 8.27. The Morgan fingerprint density at radius 2 is 2.31 bits per heavy atom. The molecule has 0 aliphatic rings. The highest BCUT2D eigenvalue weighted by Crippen LogP contribution is 1.97. The van der Waals surface area contributed by atoms with Crippen molar-refractivity contribution in [2.24, 2.45) is 0 Å². The second kappa shape index (κ2) is 6.05. The summed E-state index contributed by atoms with van der Waals surface area (Å²) in [5.41, 5.74) is 0. The van der Waals surface area contributed by atoms with Gasteiger partial charge < -0.3 is 4.74 Å². The van der Waals surface area contributed by atoms with Crippen molar-refractivity contribution < 1.29 is 9.30 Å². The monoisotopic (exact) mass is 201 g/mol. The molecule has 13 heavy (non-hydrogen) atoms. The molecule has 0 spiro atoms. The highest BCUT2D eigenvalue weighted by molar-refractivity contribution is 7.98. The van der Waals surface area contributed by atoms with Gasteiger partial charge >= 0.3 is 0 Å². The molecule has 1 aromatic rings. The quantitative estimate of drug-likeness (QED) is 0.649. The summed E-state index contributed by atoms with van der Waals surface area (Å²) in [7, 11) is 0. The maximum absolute atomic E-state index is 5.28. The van der Waals surface area contributed by atoms with E-state index in [1.165, 1.54) is 0 Å². The van der Waals surface area contributed by atoms with Crippen LogP contribution in [0.2, 0.25) is 0 Å². The van der Waals surface area contributed by atoms with Gasteiger partial charge in [0.15, 0.2) is 6.73 Å². The lowest BCUT2D eigenvalue weighted by atomic mass is 10.8. The molecule has 0 aromatic carbocycles. The smallest absolute Gasteiger partial charge is 0.246 e. The maximum Gasteiger partial charge on any atom is 0.246 e. The van der Waals surface area contributed by atoms with Crippen LogP contribution in [-0.4, -0.2) is 16.9 Å². The fraction of sp³-hybridized carbons (Fsp3) is 0.667. The normalized spacial score (nSPS) is 10.6. The van der Waals surface area contributed by atoms with E-state index in [2.05, 4.69) is 24.0 Å². The minimum absolute atomic E-state index is 0.653. The molecule has 3 nitrogen and oxygen atoms in total. The van der Waals surface area contributed by atoms with E-state index in [-0.39, 0.29) is 0 Å². The van der Waals surface area contributed by atoms with Crippen molar-refractivity contribution in [1.82, 2.24) is 4.57 Å². The molecule has 1 rings (SSSR count). The van der Waals surface area contributed by atoms with Crippen molar-refractivity contribution in [1.29, 1.82) is 0 Å². The standard InChI is InChI=1S/C9H17N2OS/c1-3-12-8-10-5-6-11(7-10)9-13-4-2/h5-7H,3-4,8-9H2,1-2H3/q+1. The van der Waals surface area contributed by atoms with Crippen molar-refractivity contribution in [3.63, 3.8) is 0 Å². The molecular weight excluding hydrogens is 184 g/mol. The molecule has 1 heterocycles. The van der Waals surface area contributed by atoms with Gasteiger partial charge in [-0.15, -0.1) is 11.8 Å². The first-order chi connectivity index (χ1) is 6.36. The number of aromatic nitrogens is 2. The Labute approximate surface area is 83.7 Å². The van der Waals surface area contributed by atoms with E-state index in [0.717, 1.165) is 18.2 Å². The second-order valence-electron chi connectivity index (χ2n) is 2.69. The average Bonchev–Trinajstić information content (AvgIpc) is 2.59. The van der Waals surface area contributed by atoms with Crippen molar-refractivity contribution in [2.75, 3.05) is 12.4 Å². The molecule has 1 aromatic heterocycles. The van der Waals surface area contributed by atoms with Crippen LogP contribution in [0.25, 0.3) is 0 Å². The molecule has 4 heteroatoms. The third-order valence-corrected chi connectivity index (χ3v) is 2.52. The molecule has 0 bridgehead atoms. The number of hydrogen-bond acceptors (Lipinski definition) is 2. The van der Waals surface area contributed by atoms with E-state index >= 15 is 0 Å². The van der Waals surface area contributed by atoms with Crippen molar-refractivity contribution >= 4 is 11.8 Å². The predicted octanol–water partition coefficient (Wildman–Crippen LogP) is 1.48. The second-order valence-corrected chi connectivity index (χ2v) is 3.93. The predicted molar refractivity (Wildman–Crippen MR) is 54.4 cm³/mol. The molecule has 0 saturated heterocycles. The summed E-state index contributed by atoms with van der Waals surface area (Å²) < 4.78 is 9.48. The molecule has 74 valence electrons. The van der Waals surface area contributed by atoms with Gasteiger partial charge in [0.2, 0.25) is 6.33 Å². The van der Waals surface area contributed by atoms with Gasteiger partial charge in [-0.1, -0.05) is 6.92 Å². The Bertz CT molecular complexity index is 215. The topological polar surface area (TPSA) is 18.0 Å². The highest BCUT2D eigenvalue weighted by Gasteiger charge is 2.01. The summed E-state index contributed by atoms with van der Waals surface area (Å²) in [5, 5.41) is 0. The van der Waals surface area contributed by atoms with Crippen LogP contribution in [-0.2, 0) is 17.3 Å². The molecule has 0 atom stereocenters. The number of rotatable bonds is 6. The Hall–Kier alpha value is -0.480. The number of hydrogen-bond donors (Lipinski definition) is 0. The van der Waals surface area contributed by atoms with Gasteiger partial charge in [-0.3, -0.25) is 0 Å². The SMILES string of the molecule is CCOCn1cc[n+](CSCC)c1. The van der Waals surface area contributed by atoms with Gasteiger partial charge in [0.05, 0.1) is 0 Å². The summed E-state index contributed by atoms with van der Waals surface area (Å²) in [4.78, 5) is 0. The van der Waals surface area contributed by atoms with Crippen LogP contribution in [0, 0.1) is 0 Å². The first kappa shape index (κ1) is 10.6. The lowest BCUT2D eigenvalue weighted by Crippen LogP contribution is -2.29. The summed E-state index contributed by atoms with van der Waals surface area (Å²) in [6.07, 6.45) is 6.17. The summed E-state index contributed by atoms with van der Waals surface area (Å²) in [6.45, 7) is 5.59. The van der Waals surface area contributed by atoms with Crippen LogP contribution in [0.4, 0.5) is 0 Å². The fourth-order valence-electron chi connectivity index (χ4n) is 0.985. The third kappa shape index (κ3) is 3.83. The van der Waals surface area contributed by atoms with Crippen LogP contribution in [0.5, 0.6) is 0 Å². The molecule has 0 unspecified atom stereocenters. The van der Waals surface area contributed by atoms with Gasteiger partial charge in [-0.2, -0.15) is 0 Å². The molecule has 0 amide bonds. The summed E-state index contributed by atoms with van der Waals surface area (Å²) in [5.74, 6) is 2.18. The Balaban J connectivity index is 2.34. The first-order valence-corrected chi connectivity index (χ1v) is 5.72. The Morgan fingerprint density at radius 3 is 3.00 bits per heavy atom. The zero-order chi connectivity index (χ0) is 9.52. The lowest BCUT2D eigenvalue weighted by Gasteiger charge is -1.95. The van der Waals surface area contributed by atoms with Gasteiger partial charge in [-0.25, -0.2) is 9.13 Å². The van der Waals surface area contributed by atoms with Crippen molar-refractivity contribution in [3.05, 3.63) is 18.7 Å². The lowest BCUT2D eigenvalue weighted by molar-refractivity contribution is -0.675. The van der Waals surface area contributed by atoms with Crippen LogP contribution in [0.15, 0.2) is 18.7 Å². The number of imidazole rings is 1. The molecule has 0 radical (unpaired) electrons. The Morgan fingerprint density at radius 1 is 1.46 bits per heavy atom. The Kier molecular flexibility index (Phi) is 4.93. The highest BCUT2D eigenvalue weighted by atomic mass is 32.2. The van der Waals surface area contributed by atoms with Gasteiger partial charge in [0.1, 0.15) is 18.3 Å². The molecular formula is C9H17N2OS+. The van der Waals surface area contributed by atoms with E-state index in [1.54, 1.807) is 0 Å². The maximum atomic E-state index is 5.28.